The highest BCUT2D eigenvalue weighted by atomic mass is 19.1. The van der Waals surface area contributed by atoms with E-state index in [4.69, 9.17) is 0 Å². The first-order valence-corrected chi connectivity index (χ1v) is 14.7. The van der Waals surface area contributed by atoms with Crippen molar-refractivity contribution in [1.29, 1.82) is 0 Å². The molecular weight excluding hydrogens is 531 g/mol. The van der Waals surface area contributed by atoms with Crippen molar-refractivity contribution in [2.75, 3.05) is 19.6 Å². The van der Waals surface area contributed by atoms with E-state index in [2.05, 4.69) is 10.6 Å². The van der Waals surface area contributed by atoms with E-state index in [1.807, 2.05) is 13.8 Å². The lowest BCUT2D eigenvalue weighted by molar-refractivity contribution is -0.131. The fourth-order valence-corrected chi connectivity index (χ4v) is 6.05. The Bertz CT molecular complexity index is 1260. The molecule has 1 unspecified atom stereocenters. The summed E-state index contributed by atoms with van der Waals surface area (Å²) < 4.78 is 42.8. The third-order valence-electron chi connectivity index (χ3n) is 8.38. The number of halogens is 3. The van der Waals surface area contributed by atoms with Crippen LogP contribution in [0.15, 0.2) is 36.4 Å². The molecule has 1 aliphatic carbocycles. The molecule has 2 fully saturated rings. The molecule has 6 nitrogen and oxygen atoms in total. The minimum atomic E-state index is -0.680. The second kappa shape index (κ2) is 14.1. The van der Waals surface area contributed by atoms with Crippen molar-refractivity contribution in [1.82, 2.24) is 15.5 Å². The summed E-state index contributed by atoms with van der Waals surface area (Å²) in [6.45, 7) is 4.48. The van der Waals surface area contributed by atoms with Crippen molar-refractivity contribution in [2.24, 2.45) is 11.8 Å². The van der Waals surface area contributed by atoms with Gasteiger partial charge in [0.15, 0.2) is 5.78 Å². The van der Waals surface area contributed by atoms with E-state index in [0.29, 0.717) is 31.5 Å². The van der Waals surface area contributed by atoms with Gasteiger partial charge in [-0.2, -0.15) is 0 Å². The lowest BCUT2D eigenvalue weighted by atomic mass is 9.80. The average molecular weight is 576 g/mol. The summed E-state index contributed by atoms with van der Waals surface area (Å²) in [5, 5.41) is 5.78. The number of nitrogens with zero attached hydrogens (tertiary/aromatic N) is 1. The largest absolute Gasteiger partial charge is 0.342 e. The molecule has 2 aliphatic rings. The second-order valence-corrected chi connectivity index (χ2v) is 11.6. The van der Waals surface area contributed by atoms with Crippen LogP contribution in [0.4, 0.5) is 13.2 Å². The van der Waals surface area contributed by atoms with Gasteiger partial charge in [0.05, 0.1) is 18.2 Å². The molecule has 2 aromatic carbocycles. The van der Waals surface area contributed by atoms with Gasteiger partial charge >= 0.3 is 0 Å². The van der Waals surface area contributed by atoms with E-state index >= 15 is 4.39 Å². The summed E-state index contributed by atoms with van der Waals surface area (Å²) in [7, 11) is 0. The van der Waals surface area contributed by atoms with Crippen molar-refractivity contribution in [3.63, 3.8) is 0 Å². The number of rotatable bonds is 10. The zero-order chi connectivity index (χ0) is 29.5. The Morgan fingerprint density at radius 3 is 2.46 bits per heavy atom. The zero-order valence-electron chi connectivity index (χ0n) is 23.9. The first-order chi connectivity index (χ1) is 19.7. The fourth-order valence-electron chi connectivity index (χ4n) is 6.05. The molecule has 0 spiro atoms. The number of hydrogen-bond acceptors (Lipinski definition) is 4. The van der Waals surface area contributed by atoms with Crippen molar-refractivity contribution in [3.05, 3.63) is 70.5 Å². The van der Waals surface area contributed by atoms with Gasteiger partial charge in [0, 0.05) is 46.0 Å². The van der Waals surface area contributed by atoms with Crippen LogP contribution in [0, 0.1) is 29.3 Å². The Balaban J connectivity index is 0.00000323. The van der Waals surface area contributed by atoms with Crippen molar-refractivity contribution >= 4 is 17.6 Å². The molecule has 2 aromatic rings. The average Bonchev–Trinajstić information content (AvgIpc) is 2.97. The first kappa shape index (κ1) is 30.8. The molecule has 1 saturated carbocycles. The van der Waals surface area contributed by atoms with E-state index in [1.54, 1.807) is 17.0 Å². The van der Waals surface area contributed by atoms with Crippen LogP contribution in [0.25, 0.3) is 0 Å². The molecular formula is C32H44F3N3O3. The summed E-state index contributed by atoms with van der Waals surface area (Å²) in [5.74, 6) is -3.25. The Labute approximate surface area is 243 Å². The molecule has 0 radical (unpaired) electrons. The molecule has 41 heavy (non-hydrogen) atoms. The quantitative estimate of drug-likeness (QED) is 0.365. The highest BCUT2D eigenvalue weighted by Gasteiger charge is 2.34. The van der Waals surface area contributed by atoms with E-state index in [1.165, 1.54) is 18.2 Å². The van der Waals surface area contributed by atoms with E-state index in [9.17, 15) is 23.2 Å². The van der Waals surface area contributed by atoms with Crippen LogP contribution in [0.2, 0.25) is 0 Å². The summed E-state index contributed by atoms with van der Waals surface area (Å²) in [4.78, 5) is 40.8. The number of likely N-dealkylation sites (tertiary alicyclic amines) is 1. The van der Waals surface area contributed by atoms with Gasteiger partial charge < -0.3 is 15.5 Å². The van der Waals surface area contributed by atoms with E-state index in [-0.39, 0.29) is 56.5 Å². The predicted octanol–water partition coefficient (Wildman–Crippen LogP) is 6.00. The highest BCUT2D eigenvalue weighted by molar-refractivity contribution is 5.98. The number of carbonyl (C=O) groups is 3. The van der Waals surface area contributed by atoms with Crippen molar-refractivity contribution < 1.29 is 30.4 Å². The smallest absolute Gasteiger partial charge is 0.254 e. The lowest BCUT2D eigenvalue weighted by Gasteiger charge is -2.33. The number of Topliss-reactive ketones (excluding diaryl/α,β-unsaturated/α-hetero) is 1. The van der Waals surface area contributed by atoms with Gasteiger partial charge in [-0.25, -0.2) is 13.2 Å². The number of amides is 2. The molecule has 2 N–H and O–H groups in total. The summed E-state index contributed by atoms with van der Waals surface area (Å²) >= 11 is 0. The molecule has 226 valence electrons. The third kappa shape index (κ3) is 7.76. The number of piperidine rings is 1. The van der Waals surface area contributed by atoms with Crippen LogP contribution in [-0.2, 0) is 16.1 Å². The predicted molar refractivity (Wildman–Crippen MR) is 155 cm³/mol. The molecule has 1 saturated heterocycles. The number of nitrogens with one attached hydrogen (secondary N) is 2. The van der Waals surface area contributed by atoms with Crippen LogP contribution >= 0.6 is 0 Å². The van der Waals surface area contributed by atoms with Crippen LogP contribution in [0.1, 0.15) is 89.0 Å². The zero-order valence-corrected chi connectivity index (χ0v) is 23.9. The summed E-state index contributed by atoms with van der Waals surface area (Å²) in [6, 6.07) is 7.40. The molecule has 2 amide bonds. The van der Waals surface area contributed by atoms with Crippen LogP contribution < -0.4 is 10.6 Å². The second-order valence-electron chi connectivity index (χ2n) is 11.6. The Morgan fingerprint density at radius 2 is 1.76 bits per heavy atom. The third-order valence-corrected chi connectivity index (χ3v) is 8.38. The maximum Gasteiger partial charge on any atom is 0.254 e. The van der Waals surface area contributed by atoms with Gasteiger partial charge in [0.2, 0.25) is 5.91 Å². The normalized spacial score (nSPS) is 18.8. The topological polar surface area (TPSA) is 78.5 Å². The fraction of sp³-hybridized carbons (Fsp3) is 0.531. The maximum absolute atomic E-state index is 15.8. The molecule has 1 heterocycles. The van der Waals surface area contributed by atoms with Crippen molar-refractivity contribution in [2.45, 2.75) is 77.3 Å². The Morgan fingerprint density at radius 1 is 1.00 bits per heavy atom. The first-order valence-electron chi connectivity index (χ1n) is 14.7. The van der Waals surface area contributed by atoms with Gasteiger partial charge in [0.1, 0.15) is 17.5 Å². The van der Waals surface area contributed by atoms with Gasteiger partial charge in [-0.05, 0) is 49.3 Å². The molecule has 0 aromatic heterocycles. The standard InChI is InChI=1S/C32H40F3N3O3.2H2/c1-20(2)31(40)30(21-8-4-3-5-9-21)37-32(41)26-12-6-11-25(29(26)35)23-10-7-15-38(19-23)28(39)18-36-17-22-13-14-24(33)16-27(22)34;;/h6,11-14,16,20-21,23,30,36H,3-5,7-10,15,17-19H2,1-2H3,(H,37,41);2*1H/t23?,30-;;/m1../s1. The minimum Gasteiger partial charge on any atom is -0.342 e. The van der Waals surface area contributed by atoms with Crippen molar-refractivity contribution in [3.8, 4) is 0 Å². The van der Waals surface area contributed by atoms with Crippen LogP contribution in [-0.4, -0.2) is 48.2 Å². The molecule has 0 bridgehead atoms. The molecule has 4 rings (SSSR count). The molecule has 2 atom stereocenters. The van der Waals surface area contributed by atoms with Crippen LogP contribution in [0.5, 0.6) is 0 Å². The number of benzene rings is 2. The molecule has 1 aliphatic heterocycles. The monoisotopic (exact) mass is 575 g/mol. The van der Waals surface area contributed by atoms with E-state index in [0.717, 1.165) is 38.2 Å². The van der Waals surface area contributed by atoms with Gasteiger partial charge in [0.25, 0.3) is 5.91 Å². The minimum absolute atomic E-state index is 0. The summed E-state index contributed by atoms with van der Waals surface area (Å²) in [6.07, 6.45) is 6.22. The Kier molecular flexibility index (Phi) is 10.6. The van der Waals surface area contributed by atoms with Gasteiger partial charge in [-0.15, -0.1) is 0 Å². The Hall–Kier alpha value is -3.20. The number of carbonyl (C=O) groups excluding carboxylic acids is 3. The lowest BCUT2D eigenvalue weighted by Crippen LogP contribution is -2.48. The van der Waals surface area contributed by atoms with E-state index < -0.39 is 29.4 Å². The molecule has 9 heteroatoms. The number of ketones is 1. The van der Waals surface area contributed by atoms with Gasteiger partial charge in [-0.1, -0.05) is 51.3 Å². The SMILES string of the molecule is CC(C)C(=O)[C@H](NC(=O)c1cccc(C2CCCN(C(=O)CNCc3ccc(F)cc3F)C2)c1F)C1CCCCC1.[HH].[HH]. The maximum atomic E-state index is 15.8. The summed E-state index contributed by atoms with van der Waals surface area (Å²) in [5.41, 5.74) is 0.543. The van der Waals surface area contributed by atoms with Crippen LogP contribution in [0.3, 0.4) is 0 Å². The number of hydrogen-bond donors (Lipinski definition) is 2. The highest BCUT2D eigenvalue weighted by Crippen LogP contribution is 2.31. The van der Waals surface area contributed by atoms with Gasteiger partial charge in [-0.3, -0.25) is 14.4 Å².